The van der Waals surface area contributed by atoms with Gasteiger partial charge < -0.3 is 9.84 Å². The molecule has 28 heavy (non-hydrogen) atoms. The van der Waals surface area contributed by atoms with Crippen LogP contribution in [0.2, 0.25) is 5.15 Å². The van der Waals surface area contributed by atoms with Gasteiger partial charge in [-0.1, -0.05) is 41.4 Å². The number of benzene rings is 1. The lowest BCUT2D eigenvalue weighted by molar-refractivity contribution is -0.704. The average Bonchev–Trinajstić information content (AvgIpc) is 2.97. The maximum Gasteiger partial charge on any atom is 0.387 e. The number of carbonyl (C=O) groups excluding carboxylic acids is 1. The van der Waals surface area contributed by atoms with Gasteiger partial charge in [0.1, 0.15) is 23.3 Å². The van der Waals surface area contributed by atoms with E-state index in [2.05, 4.69) is 4.98 Å². The summed E-state index contributed by atoms with van der Waals surface area (Å²) in [7, 11) is 0. The van der Waals surface area contributed by atoms with Gasteiger partial charge in [-0.3, -0.25) is 0 Å². The molecule has 0 radical (unpaired) electrons. The molecule has 0 aliphatic rings. The molecule has 0 unspecified atom stereocenters. The molecule has 0 spiro atoms. The summed E-state index contributed by atoms with van der Waals surface area (Å²) in [5, 5.41) is 13.4. The van der Waals surface area contributed by atoms with Gasteiger partial charge in [-0.25, -0.2) is 14.3 Å². The second kappa shape index (κ2) is 7.32. The molecular formula is C21H16ClN3O3. The van der Waals surface area contributed by atoms with Crippen LogP contribution in [0.1, 0.15) is 21.6 Å². The number of nitrogens with zero attached hydrogens (tertiary/aromatic N) is 3. The van der Waals surface area contributed by atoms with E-state index in [1.165, 1.54) is 4.57 Å². The van der Waals surface area contributed by atoms with Crippen LogP contribution in [0.25, 0.3) is 5.65 Å². The number of carbonyl (C=O) groups is 1. The molecule has 3 aromatic heterocycles. The van der Waals surface area contributed by atoms with Gasteiger partial charge in [0, 0.05) is 17.8 Å². The standard InChI is InChI=1S/C21H16ClN3O3/c1-14-5-8-16(9-6-14)28-21(27)19-20(26)25(18-4-2-3-11-24(18)19)13-15-7-10-17(22)23-12-15/h2-12H,13H2,1H3. The molecule has 0 N–H and O–H groups in total. The molecule has 0 bridgehead atoms. The van der Waals surface area contributed by atoms with E-state index in [4.69, 9.17) is 16.3 Å². The normalized spacial score (nSPS) is 10.9. The van der Waals surface area contributed by atoms with Gasteiger partial charge in [0.25, 0.3) is 11.3 Å². The summed E-state index contributed by atoms with van der Waals surface area (Å²) < 4.78 is 8.48. The van der Waals surface area contributed by atoms with Crippen LogP contribution in [0.15, 0.2) is 67.0 Å². The van der Waals surface area contributed by atoms with Crippen LogP contribution < -0.4 is 14.4 Å². The van der Waals surface area contributed by atoms with Crippen LogP contribution in [0, 0.1) is 6.92 Å². The van der Waals surface area contributed by atoms with Crippen molar-refractivity contribution in [3.05, 3.63) is 89.0 Å². The summed E-state index contributed by atoms with van der Waals surface area (Å²) >= 11 is 5.83. The number of fused-ring (bicyclic) bond motifs is 1. The number of pyridine rings is 2. The predicted octanol–water partition coefficient (Wildman–Crippen LogP) is 2.92. The fourth-order valence-electron chi connectivity index (χ4n) is 2.96. The minimum absolute atomic E-state index is 0.0573. The monoisotopic (exact) mass is 393 g/mol. The van der Waals surface area contributed by atoms with Crippen LogP contribution in [0.5, 0.6) is 11.6 Å². The maximum absolute atomic E-state index is 13.0. The molecule has 0 fully saturated rings. The highest BCUT2D eigenvalue weighted by molar-refractivity contribution is 6.29. The Balaban J connectivity index is 1.74. The lowest BCUT2D eigenvalue weighted by Gasteiger charge is -2.07. The van der Waals surface area contributed by atoms with Crippen molar-refractivity contribution < 1.29 is 19.2 Å². The van der Waals surface area contributed by atoms with Gasteiger partial charge >= 0.3 is 5.97 Å². The maximum atomic E-state index is 13.0. The number of halogens is 1. The Morgan fingerprint density at radius 2 is 1.96 bits per heavy atom. The number of aryl methyl sites for hydroxylation is 1. The van der Waals surface area contributed by atoms with Gasteiger partial charge in [0.15, 0.2) is 0 Å². The second-order valence-corrected chi connectivity index (χ2v) is 6.75. The number of imidazole rings is 1. The first kappa shape index (κ1) is 18.0. The number of ether oxygens (including phenoxy) is 1. The zero-order chi connectivity index (χ0) is 19.7. The summed E-state index contributed by atoms with van der Waals surface area (Å²) in [6.45, 7) is 2.20. The topological polar surface area (TPSA) is 70.5 Å². The van der Waals surface area contributed by atoms with E-state index in [-0.39, 0.29) is 12.2 Å². The Morgan fingerprint density at radius 3 is 2.68 bits per heavy atom. The summed E-state index contributed by atoms with van der Waals surface area (Å²) in [5.74, 6) is -0.754. The van der Waals surface area contributed by atoms with Crippen LogP contribution in [-0.4, -0.2) is 15.4 Å². The molecule has 4 aromatic rings. The van der Waals surface area contributed by atoms with Crippen LogP contribution in [0.3, 0.4) is 0 Å². The Bertz CT molecular complexity index is 1150. The highest BCUT2D eigenvalue weighted by Gasteiger charge is 2.27. The molecular weight excluding hydrogens is 378 g/mol. The van der Waals surface area contributed by atoms with Crippen molar-refractivity contribution in [1.29, 1.82) is 0 Å². The van der Waals surface area contributed by atoms with Crippen molar-refractivity contribution in [2.75, 3.05) is 0 Å². The van der Waals surface area contributed by atoms with E-state index < -0.39 is 11.8 Å². The first-order chi connectivity index (χ1) is 13.5. The zero-order valence-electron chi connectivity index (χ0n) is 15.0. The Hall–Kier alpha value is -3.38. The Labute approximate surface area is 166 Å². The van der Waals surface area contributed by atoms with E-state index in [9.17, 15) is 9.90 Å². The van der Waals surface area contributed by atoms with Crippen molar-refractivity contribution in [3.63, 3.8) is 0 Å². The molecule has 4 rings (SSSR count). The summed E-state index contributed by atoms with van der Waals surface area (Å²) in [4.78, 5) is 16.8. The molecule has 0 aliphatic carbocycles. The first-order valence-electron chi connectivity index (χ1n) is 8.62. The minimum Gasteiger partial charge on any atom is -0.839 e. The van der Waals surface area contributed by atoms with Crippen LogP contribution >= 0.6 is 11.6 Å². The highest BCUT2D eigenvalue weighted by atomic mass is 35.5. The third-order valence-electron chi connectivity index (χ3n) is 4.36. The van der Waals surface area contributed by atoms with Gasteiger partial charge in [-0.15, -0.1) is 0 Å². The quantitative estimate of drug-likeness (QED) is 0.231. The van der Waals surface area contributed by atoms with E-state index >= 15 is 0 Å². The molecule has 1 aromatic carbocycles. The van der Waals surface area contributed by atoms with Gasteiger partial charge in [-0.2, -0.15) is 4.40 Å². The van der Waals surface area contributed by atoms with E-state index in [0.29, 0.717) is 16.5 Å². The van der Waals surface area contributed by atoms with Crippen LogP contribution in [0.4, 0.5) is 0 Å². The molecule has 6 nitrogen and oxygen atoms in total. The van der Waals surface area contributed by atoms with E-state index in [1.54, 1.807) is 59.3 Å². The van der Waals surface area contributed by atoms with Crippen LogP contribution in [-0.2, 0) is 6.54 Å². The number of aromatic nitrogens is 3. The zero-order valence-corrected chi connectivity index (χ0v) is 15.8. The molecule has 0 amide bonds. The third kappa shape index (κ3) is 3.42. The lowest BCUT2D eigenvalue weighted by atomic mass is 10.2. The summed E-state index contributed by atoms with van der Waals surface area (Å²) in [6, 6.07) is 15.8. The molecule has 3 heterocycles. The fourth-order valence-corrected chi connectivity index (χ4v) is 3.07. The van der Waals surface area contributed by atoms with Crippen molar-refractivity contribution >= 4 is 23.2 Å². The average molecular weight is 394 g/mol. The van der Waals surface area contributed by atoms with Gasteiger partial charge in [0.05, 0.1) is 6.20 Å². The van der Waals surface area contributed by atoms with Crippen molar-refractivity contribution in [3.8, 4) is 11.6 Å². The Morgan fingerprint density at radius 1 is 1.18 bits per heavy atom. The highest BCUT2D eigenvalue weighted by Crippen LogP contribution is 2.19. The van der Waals surface area contributed by atoms with Gasteiger partial charge in [-0.05, 0) is 31.2 Å². The number of hydrogen-bond donors (Lipinski definition) is 0. The number of hydrogen-bond acceptors (Lipinski definition) is 4. The fraction of sp³-hybridized carbons (Fsp3) is 0.0952. The first-order valence-corrected chi connectivity index (χ1v) is 9.00. The summed E-state index contributed by atoms with van der Waals surface area (Å²) in [6.07, 6.45) is 3.27. The van der Waals surface area contributed by atoms with Crippen molar-refractivity contribution in [2.45, 2.75) is 13.5 Å². The largest absolute Gasteiger partial charge is 0.839 e. The smallest absolute Gasteiger partial charge is 0.387 e. The minimum atomic E-state index is -0.706. The van der Waals surface area contributed by atoms with E-state index in [1.807, 2.05) is 19.1 Å². The van der Waals surface area contributed by atoms with E-state index in [0.717, 1.165) is 11.1 Å². The SMILES string of the molecule is Cc1ccc(OC(=O)c2c([O-])[n+](Cc3ccc(Cl)nc3)c3ccccn23)cc1. The van der Waals surface area contributed by atoms with Crippen molar-refractivity contribution in [1.82, 2.24) is 9.38 Å². The molecule has 0 aliphatic heterocycles. The lowest BCUT2D eigenvalue weighted by Crippen LogP contribution is -2.37. The molecule has 0 atom stereocenters. The second-order valence-electron chi connectivity index (χ2n) is 6.36. The van der Waals surface area contributed by atoms with Gasteiger partial charge in [0.2, 0.25) is 0 Å². The molecule has 140 valence electrons. The number of esters is 1. The molecule has 7 heteroatoms. The molecule has 0 saturated carbocycles. The third-order valence-corrected chi connectivity index (χ3v) is 4.58. The molecule has 0 saturated heterocycles. The number of rotatable bonds is 4. The Kier molecular flexibility index (Phi) is 4.71. The predicted molar refractivity (Wildman–Crippen MR) is 102 cm³/mol. The summed E-state index contributed by atoms with van der Waals surface area (Å²) in [5.41, 5.74) is 2.37. The van der Waals surface area contributed by atoms with Crippen molar-refractivity contribution in [2.24, 2.45) is 0 Å².